The number of hydrogen-bond acceptors (Lipinski definition) is 3. The molecule has 0 amide bonds. The van der Waals surface area contributed by atoms with Crippen LogP contribution in [-0.2, 0) is 22.9 Å². The van der Waals surface area contributed by atoms with Gasteiger partial charge in [0.05, 0.1) is 5.25 Å². The molecule has 0 radical (unpaired) electrons. The second-order valence-corrected chi connectivity index (χ2v) is 9.49. The fourth-order valence-electron chi connectivity index (χ4n) is 3.83. The lowest BCUT2D eigenvalue weighted by Crippen LogP contribution is -2.44. The van der Waals surface area contributed by atoms with E-state index in [9.17, 15) is 8.42 Å². The number of sulfonamides is 1. The molecular weight excluding hydrogens is 308 g/mol. The Bertz CT molecular complexity index is 609. The van der Waals surface area contributed by atoms with Gasteiger partial charge in [0.1, 0.15) is 0 Å². The summed E-state index contributed by atoms with van der Waals surface area (Å²) in [7, 11) is 1.03. The summed E-state index contributed by atoms with van der Waals surface area (Å²) in [5.41, 5.74) is 2.42. The zero-order valence-corrected chi connectivity index (χ0v) is 15.1. The van der Waals surface area contributed by atoms with Crippen molar-refractivity contribution >= 4 is 10.0 Å². The molecule has 128 valence electrons. The maximum atomic E-state index is 12.9. The van der Waals surface area contributed by atoms with Crippen molar-refractivity contribution in [1.29, 1.82) is 0 Å². The molecule has 0 atom stereocenters. The van der Waals surface area contributed by atoms with E-state index in [2.05, 4.69) is 31.1 Å². The van der Waals surface area contributed by atoms with Gasteiger partial charge >= 0.3 is 0 Å². The van der Waals surface area contributed by atoms with Gasteiger partial charge in [0.2, 0.25) is 10.0 Å². The number of rotatable bonds is 5. The van der Waals surface area contributed by atoms with Crippen LogP contribution in [0.25, 0.3) is 0 Å². The SMILES string of the molecule is CN(C)CCC1CCN(S(=O)(=O)C2Cc3ccccc3C2)CC1. The second kappa shape index (κ2) is 6.91. The largest absolute Gasteiger partial charge is 0.309 e. The van der Waals surface area contributed by atoms with Crippen LogP contribution in [0.4, 0.5) is 0 Å². The molecule has 0 N–H and O–H groups in total. The molecule has 5 heteroatoms. The highest BCUT2D eigenvalue weighted by Crippen LogP contribution is 2.30. The zero-order valence-electron chi connectivity index (χ0n) is 14.2. The molecule has 1 fully saturated rings. The average Bonchev–Trinajstić information content (AvgIpc) is 2.98. The van der Waals surface area contributed by atoms with E-state index in [1.165, 1.54) is 17.5 Å². The van der Waals surface area contributed by atoms with E-state index in [4.69, 9.17) is 0 Å². The maximum absolute atomic E-state index is 12.9. The standard InChI is InChI=1S/C18H28N2O2S/c1-19(2)10-7-15-8-11-20(12-9-15)23(21,22)18-13-16-5-3-4-6-17(16)14-18/h3-6,15,18H,7-14H2,1-2H3. The van der Waals surface area contributed by atoms with E-state index in [1.54, 1.807) is 4.31 Å². The Hall–Kier alpha value is -0.910. The number of nitrogens with zero attached hydrogens (tertiary/aromatic N) is 2. The van der Waals surface area contributed by atoms with Crippen LogP contribution in [0.15, 0.2) is 24.3 Å². The predicted octanol–water partition coefficient (Wildman–Crippen LogP) is 2.15. The van der Waals surface area contributed by atoms with Crippen LogP contribution in [0.3, 0.4) is 0 Å². The van der Waals surface area contributed by atoms with Gasteiger partial charge in [-0.15, -0.1) is 0 Å². The Kier molecular flexibility index (Phi) is 5.09. The molecule has 0 bridgehead atoms. The van der Waals surface area contributed by atoms with E-state index in [0.717, 1.165) is 19.4 Å². The lowest BCUT2D eigenvalue weighted by atomic mass is 9.94. The molecule has 1 heterocycles. The molecule has 0 saturated carbocycles. The second-order valence-electron chi connectivity index (χ2n) is 7.28. The van der Waals surface area contributed by atoms with Gasteiger partial charge in [-0.25, -0.2) is 12.7 Å². The summed E-state index contributed by atoms with van der Waals surface area (Å²) in [6.07, 6.45) is 4.55. The predicted molar refractivity (Wildman–Crippen MR) is 94.0 cm³/mol. The van der Waals surface area contributed by atoms with Crippen molar-refractivity contribution in [2.24, 2.45) is 5.92 Å². The zero-order chi connectivity index (χ0) is 16.4. The highest BCUT2D eigenvalue weighted by Gasteiger charge is 2.37. The normalized spacial score (nSPS) is 21.0. The summed E-state index contributed by atoms with van der Waals surface area (Å²) < 4.78 is 27.7. The van der Waals surface area contributed by atoms with Gasteiger partial charge in [0, 0.05) is 13.1 Å². The van der Waals surface area contributed by atoms with Crippen LogP contribution < -0.4 is 0 Å². The monoisotopic (exact) mass is 336 g/mol. The number of benzene rings is 1. The number of hydrogen-bond donors (Lipinski definition) is 0. The highest BCUT2D eigenvalue weighted by molar-refractivity contribution is 7.89. The Morgan fingerprint density at radius 3 is 2.17 bits per heavy atom. The molecule has 1 aliphatic carbocycles. The minimum Gasteiger partial charge on any atom is -0.309 e. The summed E-state index contributed by atoms with van der Waals surface area (Å²) in [6, 6.07) is 8.14. The van der Waals surface area contributed by atoms with E-state index < -0.39 is 10.0 Å². The summed E-state index contributed by atoms with van der Waals surface area (Å²) in [5, 5.41) is -0.252. The van der Waals surface area contributed by atoms with Gasteiger partial charge < -0.3 is 4.90 Å². The Labute approximate surface area is 140 Å². The molecular formula is C18H28N2O2S. The molecule has 0 spiro atoms. The number of piperidine rings is 1. The average molecular weight is 337 g/mol. The van der Waals surface area contributed by atoms with Gasteiger partial charge in [-0.1, -0.05) is 24.3 Å². The van der Waals surface area contributed by atoms with Crippen molar-refractivity contribution in [2.75, 3.05) is 33.7 Å². The molecule has 1 aliphatic heterocycles. The molecule has 23 heavy (non-hydrogen) atoms. The molecule has 3 rings (SSSR count). The number of fused-ring (bicyclic) bond motifs is 1. The first kappa shape index (κ1) is 16.9. The smallest absolute Gasteiger partial charge is 0.217 e. The Morgan fingerprint density at radius 1 is 1.09 bits per heavy atom. The first-order chi connectivity index (χ1) is 11.0. The summed E-state index contributed by atoms with van der Waals surface area (Å²) in [4.78, 5) is 2.21. The minimum atomic E-state index is -3.16. The molecule has 1 aromatic carbocycles. The lowest BCUT2D eigenvalue weighted by molar-refractivity contribution is 0.242. The van der Waals surface area contributed by atoms with E-state index in [-0.39, 0.29) is 5.25 Å². The quantitative estimate of drug-likeness (QED) is 0.827. The van der Waals surface area contributed by atoms with Crippen LogP contribution in [0.5, 0.6) is 0 Å². The van der Waals surface area contributed by atoms with E-state index >= 15 is 0 Å². The van der Waals surface area contributed by atoms with E-state index in [0.29, 0.717) is 31.8 Å². The van der Waals surface area contributed by atoms with Crippen molar-refractivity contribution in [1.82, 2.24) is 9.21 Å². The van der Waals surface area contributed by atoms with E-state index in [1.807, 2.05) is 12.1 Å². The molecule has 4 nitrogen and oxygen atoms in total. The molecule has 1 saturated heterocycles. The molecule has 1 aromatic rings. The van der Waals surface area contributed by atoms with Gasteiger partial charge in [-0.2, -0.15) is 0 Å². The summed E-state index contributed by atoms with van der Waals surface area (Å²) >= 11 is 0. The first-order valence-electron chi connectivity index (χ1n) is 8.67. The molecule has 0 unspecified atom stereocenters. The van der Waals surface area contributed by atoms with Crippen LogP contribution in [-0.4, -0.2) is 56.6 Å². The van der Waals surface area contributed by atoms with Crippen LogP contribution in [0.2, 0.25) is 0 Å². The molecule has 0 aromatic heterocycles. The van der Waals surface area contributed by atoms with Crippen LogP contribution in [0, 0.1) is 5.92 Å². The first-order valence-corrected chi connectivity index (χ1v) is 10.2. The Balaban J connectivity index is 1.58. The van der Waals surface area contributed by atoms with Crippen LogP contribution in [0.1, 0.15) is 30.4 Å². The van der Waals surface area contributed by atoms with Crippen molar-refractivity contribution in [2.45, 2.75) is 37.4 Å². The van der Waals surface area contributed by atoms with Crippen molar-refractivity contribution in [3.63, 3.8) is 0 Å². The third-order valence-electron chi connectivity index (χ3n) is 5.35. The fraction of sp³-hybridized carbons (Fsp3) is 0.667. The van der Waals surface area contributed by atoms with Crippen LogP contribution >= 0.6 is 0 Å². The van der Waals surface area contributed by atoms with Gasteiger partial charge in [-0.3, -0.25) is 0 Å². The minimum absolute atomic E-state index is 0.252. The Morgan fingerprint density at radius 2 is 1.65 bits per heavy atom. The van der Waals surface area contributed by atoms with Gasteiger partial charge in [0.15, 0.2) is 0 Å². The summed E-state index contributed by atoms with van der Waals surface area (Å²) in [5.74, 6) is 0.671. The highest BCUT2D eigenvalue weighted by atomic mass is 32.2. The fourth-order valence-corrected chi connectivity index (χ4v) is 5.75. The third-order valence-corrected chi connectivity index (χ3v) is 7.61. The summed E-state index contributed by atoms with van der Waals surface area (Å²) in [6.45, 7) is 2.50. The maximum Gasteiger partial charge on any atom is 0.217 e. The van der Waals surface area contributed by atoms with Crippen molar-refractivity contribution in [3.05, 3.63) is 35.4 Å². The topological polar surface area (TPSA) is 40.6 Å². The van der Waals surface area contributed by atoms with Crippen molar-refractivity contribution < 1.29 is 8.42 Å². The molecule has 2 aliphatic rings. The van der Waals surface area contributed by atoms with Gasteiger partial charge in [0.25, 0.3) is 0 Å². The van der Waals surface area contributed by atoms with Gasteiger partial charge in [-0.05, 0) is 69.8 Å². The lowest BCUT2D eigenvalue weighted by Gasteiger charge is -2.33. The van der Waals surface area contributed by atoms with Crippen molar-refractivity contribution in [3.8, 4) is 0 Å². The third kappa shape index (κ3) is 3.78.